The van der Waals surface area contributed by atoms with Gasteiger partial charge in [-0.05, 0) is 85.5 Å². The number of rotatable bonds is 11. The lowest BCUT2D eigenvalue weighted by Crippen LogP contribution is -2.24. The van der Waals surface area contributed by atoms with Crippen LogP contribution in [0.4, 0.5) is 5.69 Å². The van der Waals surface area contributed by atoms with Gasteiger partial charge in [-0.2, -0.15) is 0 Å². The van der Waals surface area contributed by atoms with E-state index in [-0.39, 0.29) is 5.78 Å². The van der Waals surface area contributed by atoms with Crippen LogP contribution in [0.2, 0.25) is 0 Å². The first-order valence-electron chi connectivity index (χ1n) is 12.5. The number of hydrogen-bond donors (Lipinski definition) is 1. The summed E-state index contributed by atoms with van der Waals surface area (Å²) < 4.78 is 5.48. The Kier molecular flexibility index (Phi) is 8.18. The topological polar surface area (TPSA) is 58.8 Å². The molecule has 2 aromatic rings. The number of Topliss-reactive ketones (excluding diaryl/α,β-unsaturated/α-hetero) is 1. The monoisotopic (exact) mass is 449 g/mol. The normalized spacial score (nSPS) is 16.8. The fourth-order valence-electron chi connectivity index (χ4n) is 4.74. The number of nitrogens with two attached hydrogens (primary N) is 1. The average Bonchev–Trinajstić information content (AvgIpc) is 3.64. The van der Waals surface area contributed by atoms with Crippen LogP contribution < -0.4 is 10.6 Å². The fraction of sp³-hybridized carbons (Fsp3) is 0.536. The highest BCUT2D eigenvalue weighted by atomic mass is 16.5. The summed E-state index contributed by atoms with van der Waals surface area (Å²) in [5.41, 5.74) is 11.2. The van der Waals surface area contributed by atoms with Gasteiger partial charge in [-0.15, -0.1) is 0 Å². The van der Waals surface area contributed by atoms with Gasteiger partial charge >= 0.3 is 0 Å². The van der Waals surface area contributed by atoms with E-state index in [1.807, 2.05) is 0 Å². The van der Waals surface area contributed by atoms with Crippen LogP contribution in [0, 0.1) is 11.8 Å². The van der Waals surface area contributed by atoms with Gasteiger partial charge in [0.1, 0.15) is 0 Å². The number of likely N-dealkylation sites (N-methyl/N-ethyl adjacent to an activating group) is 1. The molecule has 33 heavy (non-hydrogen) atoms. The van der Waals surface area contributed by atoms with Crippen molar-refractivity contribution in [3.63, 3.8) is 0 Å². The van der Waals surface area contributed by atoms with Crippen LogP contribution in [0.1, 0.15) is 48.0 Å². The minimum Gasteiger partial charge on any atom is -0.381 e. The van der Waals surface area contributed by atoms with Gasteiger partial charge in [0.15, 0.2) is 5.78 Å². The molecule has 0 aromatic heterocycles. The second-order valence-corrected chi connectivity index (χ2v) is 10.0. The van der Waals surface area contributed by atoms with E-state index in [0.29, 0.717) is 18.9 Å². The number of benzene rings is 2. The van der Waals surface area contributed by atoms with Crippen LogP contribution in [-0.2, 0) is 11.3 Å². The zero-order chi connectivity index (χ0) is 23.2. The molecule has 2 aliphatic rings. The summed E-state index contributed by atoms with van der Waals surface area (Å²) in [6.45, 7) is 5.00. The lowest BCUT2D eigenvalue weighted by atomic mass is 9.90. The quantitative estimate of drug-likeness (QED) is 0.509. The van der Waals surface area contributed by atoms with Crippen LogP contribution in [0.25, 0.3) is 11.1 Å². The van der Waals surface area contributed by atoms with Crippen LogP contribution in [0.15, 0.2) is 42.5 Å². The third kappa shape index (κ3) is 6.89. The standard InChI is InChI=1S/C28H39N3O2/c1-30(11-10-29)19-23-4-3-5-24(14-23)25-16-26(28(32)15-21-8-12-33-13-9-21)18-27(17-25)31(2)20-22-6-7-22/h3-5,14,16-18,21-22H,6-13,15,19-20,29H2,1-2H3. The molecule has 0 bridgehead atoms. The van der Waals surface area contributed by atoms with Crippen LogP contribution in [-0.4, -0.2) is 57.6 Å². The first-order chi connectivity index (χ1) is 16.0. The molecule has 1 heterocycles. The number of ether oxygens (including phenoxy) is 1. The van der Waals surface area contributed by atoms with Crippen molar-refractivity contribution < 1.29 is 9.53 Å². The zero-order valence-electron chi connectivity index (χ0n) is 20.3. The van der Waals surface area contributed by atoms with Crippen molar-refractivity contribution in [2.75, 3.05) is 51.8 Å². The Hall–Kier alpha value is -2.21. The molecule has 5 heteroatoms. The van der Waals surface area contributed by atoms with Crippen LogP contribution >= 0.6 is 0 Å². The molecule has 0 spiro atoms. The van der Waals surface area contributed by atoms with Crippen molar-refractivity contribution in [1.82, 2.24) is 4.90 Å². The number of ketones is 1. The number of carbonyl (C=O) groups is 1. The SMILES string of the molecule is CN(CCN)Cc1cccc(-c2cc(C(=O)CC3CCOCC3)cc(N(C)CC3CC3)c2)c1. The van der Waals surface area contributed by atoms with Gasteiger partial charge < -0.3 is 20.3 Å². The van der Waals surface area contributed by atoms with E-state index in [4.69, 9.17) is 10.5 Å². The average molecular weight is 450 g/mol. The molecule has 1 aliphatic heterocycles. The maximum Gasteiger partial charge on any atom is 0.163 e. The first kappa shape index (κ1) is 23.9. The summed E-state index contributed by atoms with van der Waals surface area (Å²) >= 11 is 0. The molecule has 1 aliphatic carbocycles. The predicted octanol–water partition coefficient (Wildman–Crippen LogP) is 4.59. The van der Waals surface area contributed by atoms with Crippen molar-refractivity contribution >= 4 is 11.5 Å². The molecule has 1 saturated carbocycles. The molecule has 4 rings (SSSR count). The smallest absolute Gasteiger partial charge is 0.163 e. The minimum atomic E-state index is 0.253. The molecule has 0 unspecified atom stereocenters. The second-order valence-electron chi connectivity index (χ2n) is 10.0. The molecule has 2 N–H and O–H groups in total. The van der Waals surface area contributed by atoms with E-state index in [0.717, 1.165) is 74.0 Å². The van der Waals surface area contributed by atoms with E-state index < -0.39 is 0 Å². The molecule has 2 fully saturated rings. The highest BCUT2D eigenvalue weighted by Gasteiger charge is 2.24. The molecule has 1 saturated heterocycles. The molecule has 0 amide bonds. The molecule has 5 nitrogen and oxygen atoms in total. The lowest BCUT2D eigenvalue weighted by Gasteiger charge is -2.23. The Morgan fingerprint density at radius 1 is 1.00 bits per heavy atom. The molecule has 0 radical (unpaired) electrons. The highest BCUT2D eigenvalue weighted by molar-refractivity contribution is 5.98. The van der Waals surface area contributed by atoms with E-state index in [1.54, 1.807) is 0 Å². The summed E-state index contributed by atoms with van der Waals surface area (Å²) in [5, 5.41) is 0. The molecule has 178 valence electrons. The van der Waals surface area contributed by atoms with Crippen molar-refractivity contribution in [3.8, 4) is 11.1 Å². The van der Waals surface area contributed by atoms with Gasteiger partial charge in [0.2, 0.25) is 0 Å². The van der Waals surface area contributed by atoms with E-state index in [1.165, 1.54) is 18.4 Å². The van der Waals surface area contributed by atoms with Crippen molar-refractivity contribution in [2.24, 2.45) is 17.6 Å². The summed E-state index contributed by atoms with van der Waals surface area (Å²) in [5.74, 6) is 1.48. The van der Waals surface area contributed by atoms with Gasteiger partial charge in [0.05, 0.1) is 0 Å². The van der Waals surface area contributed by atoms with Gasteiger partial charge in [-0.25, -0.2) is 0 Å². The molecule has 0 atom stereocenters. The summed E-state index contributed by atoms with van der Waals surface area (Å²) in [6, 6.07) is 15.1. The van der Waals surface area contributed by atoms with E-state index in [2.05, 4.69) is 66.4 Å². The largest absolute Gasteiger partial charge is 0.381 e. The van der Waals surface area contributed by atoms with Crippen LogP contribution in [0.3, 0.4) is 0 Å². The van der Waals surface area contributed by atoms with E-state index >= 15 is 0 Å². The van der Waals surface area contributed by atoms with Gasteiger partial charge in [-0.1, -0.05) is 18.2 Å². The lowest BCUT2D eigenvalue weighted by molar-refractivity contribution is 0.0601. The third-order valence-electron chi connectivity index (χ3n) is 6.95. The number of anilines is 1. The van der Waals surface area contributed by atoms with Gasteiger partial charge in [-0.3, -0.25) is 4.79 Å². The van der Waals surface area contributed by atoms with Crippen LogP contribution in [0.5, 0.6) is 0 Å². The highest BCUT2D eigenvalue weighted by Crippen LogP contribution is 2.33. The minimum absolute atomic E-state index is 0.253. The Morgan fingerprint density at radius 3 is 2.52 bits per heavy atom. The Balaban J connectivity index is 1.60. The van der Waals surface area contributed by atoms with Gasteiger partial charge in [0, 0.05) is 64.1 Å². The second kappa shape index (κ2) is 11.3. The maximum atomic E-state index is 13.3. The fourth-order valence-corrected chi connectivity index (χ4v) is 4.74. The number of carbonyl (C=O) groups excluding carboxylic acids is 1. The third-order valence-corrected chi connectivity index (χ3v) is 6.95. The molecular formula is C28H39N3O2. The Morgan fingerprint density at radius 2 is 1.79 bits per heavy atom. The van der Waals surface area contributed by atoms with Crippen molar-refractivity contribution in [1.29, 1.82) is 0 Å². The van der Waals surface area contributed by atoms with Gasteiger partial charge in [0.25, 0.3) is 0 Å². The Bertz CT molecular complexity index is 934. The summed E-state index contributed by atoms with van der Waals surface area (Å²) in [4.78, 5) is 17.9. The predicted molar refractivity (Wildman–Crippen MR) is 136 cm³/mol. The zero-order valence-corrected chi connectivity index (χ0v) is 20.3. The number of nitrogens with zero attached hydrogens (tertiary/aromatic N) is 2. The first-order valence-corrected chi connectivity index (χ1v) is 12.5. The molecular weight excluding hydrogens is 410 g/mol. The maximum absolute atomic E-state index is 13.3. The summed E-state index contributed by atoms with van der Waals surface area (Å²) in [7, 11) is 4.25. The Labute approximate surface area is 198 Å². The molecule has 2 aromatic carbocycles. The number of hydrogen-bond acceptors (Lipinski definition) is 5. The van der Waals surface area contributed by atoms with Crippen molar-refractivity contribution in [3.05, 3.63) is 53.6 Å². The van der Waals surface area contributed by atoms with Crippen molar-refractivity contribution in [2.45, 2.75) is 38.6 Å². The summed E-state index contributed by atoms with van der Waals surface area (Å²) in [6.07, 6.45) is 5.22. The van der Waals surface area contributed by atoms with E-state index in [9.17, 15) is 4.79 Å².